The van der Waals surface area contributed by atoms with Crippen molar-refractivity contribution in [1.29, 1.82) is 0 Å². The van der Waals surface area contributed by atoms with Gasteiger partial charge in [-0.25, -0.2) is 4.98 Å². The summed E-state index contributed by atoms with van der Waals surface area (Å²) in [5.41, 5.74) is 1.65. The SMILES string of the molecule is CC[C@H]1C=CCN1C(=O)c1coc(CN2CCN(C/C=C/c3ccccc3)CC2)n1. The highest BCUT2D eigenvalue weighted by molar-refractivity contribution is 5.92. The van der Waals surface area contributed by atoms with Crippen LogP contribution in [-0.4, -0.2) is 70.9 Å². The second-order valence-corrected chi connectivity index (χ2v) is 7.88. The molecule has 1 fully saturated rings. The smallest absolute Gasteiger partial charge is 0.276 e. The summed E-state index contributed by atoms with van der Waals surface area (Å²) < 4.78 is 5.61. The first-order valence-electron chi connectivity index (χ1n) is 10.8. The summed E-state index contributed by atoms with van der Waals surface area (Å²) in [5, 5.41) is 0. The third-order valence-electron chi connectivity index (χ3n) is 5.81. The van der Waals surface area contributed by atoms with Crippen LogP contribution in [0, 0.1) is 0 Å². The zero-order valence-electron chi connectivity index (χ0n) is 17.6. The standard InChI is InChI=1S/C24H30N4O2/c1-2-21-11-7-13-28(21)24(29)22-19-30-23(25-22)18-27-16-14-26(15-17-27)12-6-10-20-8-4-3-5-9-20/h3-11,19,21H,2,12-18H2,1H3/b10-6+/t21-/m0/s1. The minimum Gasteiger partial charge on any atom is -0.447 e. The van der Waals surface area contributed by atoms with Crippen molar-refractivity contribution >= 4 is 12.0 Å². The lowest BCUT2D eigenvalue weighted by molar-refractivity contribution is 0.0741. The average Bonchev–Trinajstić information content (AvgIpc) is 3.45. The highest BCUT2D eigenvalue weighted by Gasteiger charge is 2.27. The van der Waals surface area contributed by atoms with Gasteiger partial charge in [-0.1, -0.05) is 61.6 Å². The van der Waals surface area contributed by atoms with Crippen molar-refractivity contribution in [2.24, 2.45) is 0 Å². The van der Waals surface area contributed by atoms with E-state index in [1.165, 1.54) is 11.8 Å². The molecule has 0 spiro atoms. The quantitative estimate of drug-likeness (QED) is 0.661. The second-order valence-electron chi connectivity index (χ2n) is 7.88. The first-order valence-corrected chi connectivity index (χ1v) is 10.8. The normalized spacial score (nSPS) is 20.4. The fourth-order valence-corrected chi connectivity index (χ4v) is 4.01. The summed E-state index contributed by atoms with van der Waals surface area (Å²) in [7, 11) is 0. The van der Waals surface area contributed by atoms with E-state index in [1.807, 2.05) is 17.0 Å². The highest BCUT2D eigenvalue weighted by atomic mass is 16.3. The minimum absolute atomic E-state index is 0.0446. The van der Waals surface area contributed by atoms with Crippen molar-refractivity contribution in [1.82, 2.24) is 19.7 Å². The molecule has 30 heavy (non-hydrogen) atoms. The molecule has 1 amide bonds. The van der Waals surface area contributed by atoms with Crippen LogP contribution in [0.15, 0.2) is 59.2 Å². The Morgan fingerprint density at radius 2 is 1.93 bits per heavy atom. The molecule has 2 aliphatic heterocycles. The van der Waals surface area contributed by atoms with Crippen LogP contribution in [-0.2, 0) is 6.54 Å². The molecule has 158 valence electrons. The van der Waals surface area contributed by atoms with Crippen LogP contribution in [0.25, 0.3) is 6.08 Å². The highest BCUT2D eigenvalue weighted by Crippen LogP contribution is 2.17. The molecule has 0 unspecified atom stereocenters. The Labute approximate surface area is 178 Å². The van der Waals surface area contributed by atoms with Crippen LogP contribution in [0.4, 0.5) is 0 Å². The topological polar surface area (TPSA) is 52.8 Å². The maximum atomic E-state index is 12.7. The summed E-state index contributed by atoms with van der Waals surface area (Å²) in [6.45, 7) is 8.33. The Hall–Kier alpha value is -2.70. The van der Waals surface area contributed by atoms with Crippen LogP contribution >= 0.6 is 0 Å². The van der Waals surface area contributed by atoms with E-state index in [9.17, 15) is 4.79 Å². The zero-order chi connectivity index (χ0) is 20.8. The molecule has 1 atom stereocenters. The number of benzene rings is 1. The molecule has 0 radical (unpaired) electrons. The molecule has 3 heterocycles. The Balaban J connectivity index is 1.23. The molecule has 1 saturated heterocycles. The van der Waals surface area contributed by atoms with Crippen molar-refractivity contribution in [2.75, 3.05) is 39.3 Å². The molecule has 4 rings (SSSR count). The first-order chi connectivity index (χ1) is 14.7. The Kier molecular flexibility index (Phi) is 6.77. The number of nitrogens with zero attached hydrogens (tertiary/aromatic N) is 4. The van der Waals surface area contributed by atoms with E-state index in [0.29, 0.717) is 24.7 Å². The lowest BCUT2D eigenvalue weighted by atomic mass is 10.2. The molecule has 6 nitrogen and oxygen atoms in total. The van der Waals surface area contributed by atoms with Crippen LogP contribution in [0.2, 0.25) is 0 Å². The first kappa shape index (κ1) is 20.6. The molecule has 2 aliphatic rings. The van der Waals surface area contributed by atoms with Crippen molar-refractivity contribution < 1.29 is 9.21 Å². The fourth-order valence-electron chi connectivity index (χ4n) is 4.01. The van der Waals surface area contributed by atoms with E-state index >= 15 is 0 Å². The molecular formula is C24H30N4O2. The summed E-state index contributed by atoms with van der Waals surface area (Å²) in [6.07, 6.45) is 11.0. The summed E-state index contributed by atoms with van der Waals surface area (Å²) in [5.74, 6) is 0.577. The molecule has 6 heteroatoms. The number of hydrogen-bond donors (Lipinski definition) is 0. The predicted molar refractivity (Wildman–Crippen MR) is 118 cm³/mol. The molecule has 1 aromatic carbocycles. The van der Waals surface area contributed by atoms with Gasteiger partial charge in [-0.15, -0.1) is 0 Å². The van der Waals surface area contributed by atoms with Gasteiger partial charge in [-0.2, -0.15) is 0 Å². The number of piperazine rings is 1. The molecule has 2 aromatic rings. The van der Waals surface area contributed by atoms with Crippen LogP contribution < -0.4 is 0 Å². The van der Waals surface area contributed by atoms with E-state index < -0.39 is 0 Å². The van der Waals surface area contributed by atoms with Crippen LogP contribution in [0.5, 0.6) is 0 Å². The molecule has 0 saturated carbocycles. The fraction of sp³-hybridized carbons (Fsp3) is 0.417. The van der Waals surface area contributed by atoms with Crippen molar-refractivity contribution in [3.05, 3.63) is 72.0 Å². The largest absolute Gasteiger partial charge is 0.447 e. The number of carbonyl (C=O) groups is 1. The van der Waals surface area contributed by atoms with Gasteiger partial charge in [0.1, 0.15) is 6.26 Å². The van der Waals surface area contributed by atoms with Crippen molar-refractivity contribution in [3.8, 4) is 0 Å². The van der Waals surface area contributed by atoms with Crippen molar-refractivity contribution in [3.63, 3.8) is 0 Å². The maximum Gasteiger partial charge on any atom is 0.276 e. The van der Waals surface area contributed by atoms with Gasteiger partial charge in [0.25, 0.3) is 5.91 Å². The number of amides is 1. The number of aromatic nitrogens is 1. The van der Waals surface area contributed by atoms with Crippen molar-refractivity contribution in [2.45, 2.75) is 25.9 Å². The summed E-state index contributed by atoms with van der Waals surface area (Å²) in [4.78, 5) is 23.8. The molecular weight excluding hydrogens is 376 g/mol. The van der Waals surface area contributed by atoms with E-state index in [2.05, 4.69) is 64.2 Å². The number of carbonyl (C=O) groups excluding carboxylic acids is 1. The van der Waals surface area contributed by atoms with Gasteiger partial charge in [0.15, 0.2) is 5.69 Å². The minimum atomic E-state index is -0.0446. The average molecular weight is 407 g/mol. The third-order valence-corrected chi connectivity index (χ3v) is 5.81. The number of hydrogen-bond acceptors (Lipinski definition) is 5. The Morgan fingerprint density at radius 1 is 1.17 bits per heavy atom. The molecule has 0 aliphatic carbocycles. The van der Waals surface area contributed by atoms with Gasteiger partial charge in [0.2, 0.25) is 5.89 Å². The monoisotopic (exact) mass is 406 g/mol. The van der Waals surface area contributed by atoms with Gasteiger partial charge in [-0.3, -0.25) is 14.6 Å². The van der Waals surface area contributed by atoms with Gasteiger partial charge >= 0.3 is 0 Å². The van der Waals surface area contributed by atoms with E-state index in [0.717, 1.165) is 39.1 Å². The van der Waals surface area contributed by atoms with Crippen LogP contribution in [0.1, 0.15) is 35.3 Å². The van der Waals surface area contributed by atoms with Gasteiger partial charge in [0.05, 0.1) is 12.6 Å². The Bertz CT molecular complexity index is 882. The van der Waals surface area contributed by atoms with Gasteiger partial charge in [-0.05, 0) is 12.0 Å². The van der Waals surface area contributed by atoms with Gasteiger partial charge in [0, 0.05) is 39.3 Å². The van der Waals surface area contributed by atoms with Gasteiger partial charge < -0.3 is 9.32 Å². The van der Waals surface area contributed by atoms with E-state index in [4.69, 9.17) is 4.42 Å². The summed E-state index contributed by atoms with van der Waals surface area (Å²) >= 11 is 0. The van der Waals surface area contributed by atoms with E-state index in [1.54, 1.807) is 0 Å². The molecule has 1 aromatic heterocycles. The third kappa shape index (κ3) is 5.07. The zero-order valence-corrected chi connectivity index (χ0v) is 17.6. The van der Waals surface area contributed by atoms with Crippen LogP contribution in [0.3, 0.4) is 0 Å². The van der Waals surface area contributed by atoms with E-state index in [-0.39, 0.29) is 11.9 Å². The number of oxazole rings is 1. The second kappa shape index (κ2) is 9.87. The number of rotatable bonds is 7. The molecule has 0 bridgehead atoms. The lowest BCUT2D eigenvalue weighted by Crippen LogP contribution is -2.45. The molecule has 0 N–H and O–H groups in total. The Morgan fingerprint density at radius 3 is 2.70 bits per heavy atom. The predicted octanol–water partition coefficient (Wildman–Crippen LogP) is 3.30. The maximum absolute atomic E-state index is 12.7. The lowest BCUT2D eigenvalue weighted by Gasteiger charge is -2.33. The summed E-state index contributed by atoms with van der Waals surface area (Å²) in [6, 6.07) is 10.6.